The zero-order chi connectivity index (χ0) is 17.0. The van der Waals surface area contributed by atoms with Crippen molar-refractivity contribution in [1.29, 1.82) is 0 Å². The summed E-state index contributed by atoms with van der Waals surface area (Å²) in [4.78, 5) is 11.9. The summed E-state index contributed by atoms with van der Waals surface area (Å²) < 4.78 is 31.9. The first-order valence-corrected chi connectivity index (χ1v) is 8.65. The van der Waals surface area contributed by atoms with Crippen LogP contribution in [-0.4, -0.2) is 31.7 Å². The quantitative estimate of drug-likeness (QED) is 0.769. The van der Waals surface area contributed by atoms with Crippen molar-refractivity contribution < 1.29 is 17.9 Å². The molecule has 0 aliphatic heterocycles. The average Bonchev–Trinajstić information content (AvgIpc) is 2.98. The van der Waals surface area contributed by atoms with Crippen molar-refractivity contribution in [1.82, 2.24) is 14.9 Å². The van der Waals surface area contributed by atoms with Gasteiger partial charge in [-0.1, -0.05) is 36.7 Å². The molecule has 0 atom stereocenters. The molecule has 2 N–H and O–H groups in total. The lowest BCUT2D eigenvalue weighted by atomic mass is 10.2. The summed E-state index contributed by atoms with van der Waals surface area (Å²) in [6, 6.07) is 6.86. The average molecular weight is 358 g/mol. The lowest BCUT2D eigenvalue weighted by Crippen LogP contribution is -2.25. The van der Waals surface area contributed by atoms with Gasteiger partial charge >= 0.3 is 5.97 Å². The van der Waals surface area contributed by atoms with Gasteiger partial charge in [0.25, 0.3) is 10.0 Å². The minimum Gasteiger partial charge on any atom is -0.465 e. The molecule has 7 nitrogen and oxygen atoms in total. The third-order valence-electron chi connectivity index (χ3n) is 3.22. The van der Waals surface area contributed by atoms with Gasteiger partial charge in [-0.2, -0.15) is 5.10 Å². The maximum absolute atomic E-state index is 12.4. The van der Waals surface area contributed by atoms with E-state index in [1.54, 1.807) is 31.2 Å². The molecule has 0 amide bonds. The Kier molecular flexibility index (Phi) is 5.40. The summed E-state index contributed by atoms with van der Waals surface area (Å²) in [6.45, 7) is 1.75. The van der Waals surface area contributed by atoms with Gasteiger partial charge in [0.2, 0.25) is 5.03 Å². The van der Waals surface area contributed by atoms with Gasteiger partial charge in [-0.25, -0.2) is 17.9 Å². The zero-order valence-corrected chi connectivity index (χ0v) is 14.2. The molecule has 0 aliphatic carbocycles. The highest BCUT2D eigenvalue weighted by Gasteiger charge is 2.29. The molecule has 23 heavy (non-hydrogen) atoms. The molecule has 1 aromatic carbocycles. The van der Waals surface area contributed by atoms with Gasteiger partial charge in [0.05, 0.1) is 12.8 Å². The van der Waals surface area contributed by atoms with Gasteiger partial charge in [0.15, 0.2) is 0 Å². The molecular formula is C14H16ClN3O4S. The monoisotopic (exact) mass is 357 g/mol. The second-order valence-corrected chi connectivity index (χ2v) is 6.73. The first-order chi connectivity index (χ1) is 10.9. The van der Waals surface area contributed by atoms with Gasteiger partial charge in [0.1, 0.15) is 5.56 Å². The molecule has 124 valence electrons. The molecule has 1 aromatic heterocycles. The van der Waals surface area contributed by atoms with E-state index in [0.29, 0.717) is 22.7 Å². The third kappa shape index (κ3) is 3.72. The van der Waals surface area contributed by atoms with E-state index in [1.807, 2.05) is 0 Å². The first kappa shape index (κ1) is 17.5. The van der Waals surface area contributed by atoms with E-state index in [0.717, 1.165) is 0 Å². The number of aryl methyl sites for hydroxylation is 1. The number of H-pyrrole nitrogens is 1. The van der Waals surface area contributed by atoms with Gasteiger partial charge in [-0.05, 0) is 18.1 Å². The van der Waals surface area contributed by atoms with Crippen molar-refractivity contribution in [2.75, 3.05) is 7.11 Å². The van der Waals surface area contributed by atoms with Gasteiger partial charge in [-0.3, -0.25) is 5.10 Å². The number of sulfonamides is 1. The summed E-state index contributed by atoms with van der Waals surface area (Å²) >= 11 is 6.00. The number of aromatic amines is 1. The van der Waals surface area contributed by atoms with Crippen LogP contribution >= 0.6 is 11.6 Å². The first-order valence-electron chi connectivity index (χ1n) is 6.79. The minimum atomic E-state index is -4.00. The standard InChI is InChI=1S/C14H16ClN3O4S/c1-3-11-12(14(19)22-2)13(18-17-11)23(20,21)16-8-9-6-4-5-7-10(9)15/h4-7,16H,3,8H2,1-2H3,(H,17,18). The minimum absolute atomic E-state index is 0.0169. The largest absolute Gasteiger partial charge is 0.465 e. The number of nitrogens with one attached hydrogen (secondary N) is 2. The van der Waals surface area contributed by atoms with Crippen LogP contribution in [0.15, 0.2) is 29.3 Å². The number of nitrogens with zero attached hydrogens (tertiary/aromatic N) is 1. The lowest BCUT2D eigenvalue weighted by Gasteiger charge is -2.07. The predicted octanol–water partition coefficient (Wildman–Crippen LogP) is 1.89. The molecule has 0 unspecified atom stereocenters. The van der Waals surface area contributed by atoms with E-state index in [-0.39, 0.29) is 17.1 Å². The van der Waals surface area contributed by atoms with Gasteiger partial charge in [-0.15, -0.1) is 0 Å². The smallest absolute Gasteiger partial charge is 0.342 e. The SMILES string of the molecule is CCc1[nH]nc(S(=O)(=O)NCc2ccccc2Cl)c1C(=O)OC. The normalized spacial score (nSPS) is 11.4. The zero-order valence-electron chi connectivity index (χ0n) is 12.6. The molecule has 2 rings (SSSR count). The number of carbonyl (C=O) groups excluding carboxylic acids is 1. The van der Waals surface area contributed by atoms with Crippen LogP contribution in [0.4, 0.5) is 0 Å². The predicted molar refractivity (Wildman–Crippen MR) is 84.8 cm³/mol. The van der Waals surface area contributed by atoms with Crippen molar-refractivity contribution in [2.45, 2.75) is 24.9 Å². The molecule has 0 bridgehead atoms. The van der Waals surface area contributed by atoms with Crippen LogP contribution in [0.5, 0.6) is 0 Å². The van der Waals surface area contributed by atoms with Crippen LogP contribution in [0.2, 0.25) is 5.02 Å². The fraction of sp³-hybridized carbons (Fsp3) is 0.286. The highest BCUT2D eigenvalue weighted by Crippen LogP contribution is 2.20. The van der Waals surface area contributed by atoms with E-state index in [2.05, 4.69) is 19.7 Å². The highest BCUT2D eigenvalue weighted by molar-refractivity contribution is 7.89. The molecule has 0 radical (unpaired) electrons. The Morgan fingerprint density at radius 3 is 2.70 bits per heavy atom. The number of esters is 1. The number of ether oxygens (including phenoxy) is 1. The molecule has 9 heteroatoms. The summed E-state index contributed by atoms with van der Waals surface area (Å²) in [6.07, 6.45) is 0.414. The Morgan fingerprint density at radius 2 is 2.09 bits per heavy atom. The summed E-state index contributed by atoms with van der Waals surface area (Å²) in [5.41, 5.74) is 0.931. The number of halogens is 1. The number of benzene rings is 1. The van der Waals surface area contributed by atoms with Crippen LogP contribution in [0.3, 0.4) is 0 Å². The molecule has 2 aromatic rings. The third-order valence-corrected chi connectivity index (χ3v) is 4.91. The number of aromatic nitrogens is 2. The maximum atomic E-state index is 12.4. The number of rotatable bonds is 6. The molecule has 1 heterocycles. The number of carbonyl (C=O) groups is 1. The number of methoxy groups -OCH3 is 1. The number of hydrogen-bond acceptors (Lipinski definition) is 5. The van der Waals surface area contributed by atoms with Crippen LogP contribution in [0, 0.1) is 0 Å². The van der Waals surface area contributed by atoms with E-state index >= 15 is 0 Å². The van der Waals surface area contributed by atoms with Crippen molar-refractivity contribution >= 4 is 27.6 Å². The van der Waals surface area contributed by atoms with Crippen LogP contribution in [-0.2, 0) is 27.7 Å². The van der Waals surface area contributed by atoms with Crippen LogP contribution in [0.25, 0.3) is 0 Å². The number of hydrogen-bond donors (Lipinski definition) is 2. The van der Waals surface area contributed by atoms with Crippen LogP contribution in [0.1, 0.15) is 28.5 Å². The summed E-state index contributed by atoms with van der Waals surface area (Å²) in [5.74, 6) is -0.756. The molecular weight excluding hydrogens is 342 g/mol. The van der Waals surface area contributed by atoms with Crippen molar-refractivity contribution in [3.8, 4) is 0 Å². The van der Waals surface area contributed by atoms with E-state index < -0.39 is 16.0 Å². The molecule has 0 fully saturated rings. The van der Waals surface area contributed by atoms with Gasteiger partial charge in [0, 0.05) is 11.6 Å². The fourth-order valence-corrected chi connectivity index (χ4v) is 3.33. The van der Waals surface area contributed by atoms with E-state index in [9.17, 15) is 13.2 Å². The van der Waals surface area contributed by atoms with E-state index in [4.69, 9.17) is 11.6 Å². The Bertz CT molecular complexity index is 817. The summed E-state index contributed by atoms with van der Waals surface area (Å²) in [7, 11) is -2.82. The summed E-state index contributed by atoms with van der Waals surface area (Å²) in [5, 5.41) is 6.37. The fourth-order valence-electron chi connectivity index (χ4n) is 2.00. The van der Waals surface area contributed by atoms with Crippen molar-refractivity contribution in [2.24, 2.45) is 0 Å². The highest BCUT2D eigenvalue weighted by atomic mass is 35.5. The second-order valence-electron chi connectivity index (χ2n) is 4.64. The van der Waals surface area contributed by atoms with Crippen LogP contribution < -0.4 is 4.72 Å². The van der Waals surface area contributed by atoms with Crippen molar-refractivity contribution in [3.05, 3.63) is 46.1 Å². The molecule has 0 saturated heterocycles. The molecule has 0 aliphatic rings. The second kappa shape index (κ2) is 7.12. The lowest BCUT2D eigenvalue weighted by molar-refractivity contribution is 0.0595. The topological polar surface area (TPSA) is 101 Å². The Labute approximate surface area is 139 Å². The Balaban J connectivity index is 2.32. The Hall–Kier alpha value is -1.90. The Morgan fingerprint density at radius 1 is 1.39 bits per heavy atom. The van der Waals surface area contributed by atoms with Gasteiger partial charge < -0.3 is 4.74 Å². The van der Waals surface area contributed by atoms with Crippen molar-refractivity contribution in [3.63, 3.8) is 0 Å². The van der Waals surface area contributed by atoms with E-state index in [1.165, 1.54) is 7.11 Å². The molecule has 0 spiro atoms. The maximum Gasteiger partial charge on any atom is 0.342 e. The molecule has 0 saturated carbocycles.